The van der Waals surface area contributed by atoms with E-state index in [1.165, 1.54) is 0 Å². The van der Waals surface area contributed by atoms with Gasteiger partial charge in [-0.25, -0.2) is 4.98 Å². The van der Waals surface area contributed by atoms with E-state index in [-0.39, 0.29) is 6.61 Å². The standard InChI is InChI=1S/C12H17N5O/c1-17-8-6-14-12(17)16-15-11-5-3-2-4-10(11)13-7-9-18/h2-6,8,13,15,18H,7,9H2,1H3,(H,14,16). The fourth-order valence-corrected chi connectivity index (χ4v) is 1.55. The van der Waals surface area contributed by atoms with Gasteiger partial charge < -0.3 is 15.0 Å². The van der Waals surface area contributed by atoms with Gasteiger partial charge in [-0.3, -0.25) is 10.9 Å². The number of aliphatic hydroxyl groups is 1. The Hall–Kier alpha value is -2.21. The van der Waals surface area contributed by atoms with E-state index in [0.29, 0.717) is 6.54 Å². The second-order valence-corrected chi connectivity index (χ2v) is 3.81. The summed E-state index contributed by atoms with van der Waals surface area (Å²) in [5.41, 5.74) is 7.93. The molecule has 0 bridgehead atoms. The van der Waals surface area contributed by atoms with E-state index in [0.717, 1.165) is 17.3 Å². The SMILES string of the molecule is Cn1ccnc1NNc1ccccc1NCCO. The summed E-state index contributed by atoms with van der Waals surface area (Å²) < 4.78 is 1.87. The number of hydrogen-bond donors (Lipinski definition) is 4. The van der Waals surface area contributed by atoms with E-state index in [1.807, 2.05) is 42.1 Å². The minimum Gasteiger partial charge on any atom is -0.395 e. The van der Waals surface area contributed by atoms with Crippen LogP contribution in [0.2, 0.25) is 0 Å². The molecule has 0 saturated carbocycles. The summed E-state index contributed by atoms with van der Waals surface area (Å²) in [4.78, 5) is 4.15. The van der Waals surface area contributed by atoms with E-state index >= 15 is 0 Å². The lowest BCUT2D eigenvalue weighted by Gasteiger charge is -2.14. The van der Waals surface area contributed by atoms with Crippen LogP contribution in [0.4, 0.5) is 17.3 Å². The molecule has 0 fully saturated rings. The highest BCUT2D eigenvalue weighted by atomic mass is 16.3. The lowest BCUT2D eigenvalue weighted by atomic mass is 10.2. The Balaban J connectivity index is 2.02. The van der Waals surface area contributed by atoms with Crippen molar-refractivity contribution in [1.29, 1.82) is 0 Å². The predicted molar refractivity (Wildman–Crippen MR) is 72.5 cm³/mol. The third-order valence-corrected chi connectivity index (χ3v) is 2.48. The number of imidazole rings is 1. The quantitative estimate of drug-likeness (QED) is 0.578. The zero-order chi connectivity index (χ0) is 12.8. The number of aromatic nitrogens is 2. The van der Waals surface area contributed by atoms with Gasteiger partial charge in [-0.15, -0.1) is 0 Å². The zero-order valence-corrected chi connectivity index (χ0v) is 10.2. The average molecular weight is 247 g/mol. The number of aliphatic hydroxyl groups excluding tert-OH is 1. The van der Waals surface area contributed by atoms with Crippen molar-refractivity contribution in [2.24, 2.45) is 7.05 Å². The molecule has 0 unspecified atom stereocenters. The van der Waals surface area contributed by atoms with Gasteiger partial charge in [0.2, 0.25) is 5.95 Å². The summed E-state index contributed by atoms with van der Waals surface area (Å²) in [5.74, 6) is 0.729. The number of aryl methyl sites for hydroxylation is 1. The minimum atomic E-state index is 0.0983. The highest BCUT2D eigenvalue weighted by Gasteiger charge is 2.01. The van der Waals surface area contributed by atoms with Gasteiger partial charge in [0, 0.05) is 26.0 Å². The number of nitrogens with zero attached hydrogens (tertiary/aromatic N) is 2. The lowest BCUT2D eigenvalue weighted by molar-refractivity contribution is 0.311. The molecule has 0 amide bonds. The van der Waals surface area contributed by atoms with Crippen LogP contribution in [0, 0.1) is 0 Å². The molecule has 0 spiro atoms. The molecule has 1 heterocycles. The first-order valence-electron chi connectivity index (χ1n) is 5.74. The highest BCUT2D eigenvalue weighted by Crippen LogP contribution is 2.20. The van der Waals surface area contributed by atoms with E-state index < -0.39 is 0 Å². The summed E-state index contributed by atoms with van der Waals surface area (Å²) in [5, 5.41) is 12.0. The summed E-state index contributed by atoms with van der Waals surface area (Å²) in [6.45, 7) is 0.613. The van der Waals surface area contributed by atoms with Gasteiger partial charge in [0.25, 0.3) is 0 Å². The van der Waals surface area contributed by atoms with E-state index in [1.54, 1.807) is 6.20 Å². The van der Waals surface area contributed by atoms with Crippen molar-refractivity contribution in [2.75, 3.05) is 29.3 Å². The first-order valence-corrected chi connectivity index (χ1v) is 5.74. The van der Waals surface area contributed by atoms with E-state index in [2.05, 4.69) is 21.2 Å². The lowest BCUT2D eigenvalue weighted by Crippen LogP contribution is -2.15. The van der Waals surface area contributed by atoms with Crippen LogP contribution in [0.3, 0.4) is 0 Å². The largest absolute Gasteiger partial charge is 0.395 e. The number of nitrogens with one attached hydrogen (secondary N) is 3. The van der Waals surface area contributed by atoms with Crippen molar-refractivity contribution in [1.82, 2.24) is 9.55 Å². The molecule has 6 nitrogen and oxygen atoms in total. The average Bonchev–Trinajstić information content (AvgIpc) is 2.80. The number of hydrogen-bond acceptors (Lipinski definition) is 5. The molecule has 0 aliphatic carbocycles. The number of hydrazine groups is 1. The Morgan fingerprint density at radius 2 is 2.00 bits per heavy atom. The zero-order valence-electron chi connectivity index (χ0n) is 10.2. The molecule has 0 atom stereocenters. The van der Waals surface area contributed by atoms with Gasteiger partial charge in [0.1, 0.15) is 0 Å². The smallest absolute Gasteiger partial charge is 0.221 e. The van der Waals surface area contributed by atoms with Crippen LogP contribution in [0.15, 0.2) is 36.7 Å². The molecule has 2 rings (SSSR count). The van der Waals surface area contributed by atoms with Crippen LogP contribution in [0.1, 0.15) is 0 Å². The Morgan fingerprint density at radius 1 is 1.22 bits per heavy atom. The third kappa shape index (κ3) is 2.92. The van der Waals surface area contributed by atoms with Crippen molar-refractivity contribution in [3.05, 3.63) is 36.7 Å². The summed E-state index contributed by atoms with van der Waals surface area (Å²) in [7, 11) is 1.91. The van der Waals surface area contributed by atoms with Gasteiger partial charge in [-0.1, -0.05) is 12.1 Å². The molecule has 0 aliphatic heterocycles. The number of benzene rings is 1. The monoisotopic (exact) mass is 247 g/mol. The predicted octanol–water partition coefficient (Wildman–Crippen LogP) is 1.26. The van der Waals surface area contributed by atoms with Gasteiger partial charge in [0.15, 0.2) is 0 Å². The maximum absolute atomic E-state index is 8.82. The molecule has 18 heavy (non-hydrogen) atoms. The fraction of sp³-hybridized carbons (Fsp3) is 0.250. The van der Waals surface area contributed by atoms with Gasteiger partial charge in [-0.2, -0.15) is 0 Å². The molecular weight excluding hydrogens is 230 g/mol. The van der Waals surface area contributed by atoms with Crippen LogP contribution in [-0.4, -0.2) is 27.8 Å². The maximum atomic E-state index is 8.82. The first kappa shape index (κ1) is 12.3. The third-order valence-electron chi connectivity index (χ3n) is 2.48. The van der Waals surface area contributed by atoms with Gasteiger partial charge >= 0.3 is 0 Å². The molecule has 0 aliphatic rings. The Morgan fingerprint density at radius 3 is 2.67 bits per heavy atom. The van der Waals surface area contributed by atoms with Crippen LogP contribution in [-0.2, 0) is 7.05 Å². The molecule has 4 N–H and O–H groups in total. The molecule has 6 heteroatoms. The van der Waals surface area contributed by atoms with Gasteiger partial charge in [0.05, 0.1) is 18.0 Å². The van der Waals surface area contributed by atoms with Crippen molar-refractivity contribution in [2.45, 2.75) is 0 Å². The Labute approximate surface area is 106 Å². The number of anilines is 3. The van der Waals surface area contributed by atoms with Gasteiger partial charge in [-0.05, 0) is 12.1 Å². The molecule has 2 aromatic rings. The second kappa shape index (κ2) is 5.92. The first-order chi connectivity index (χ1) is 8.81. The maximum Gasteiger partial charge on any atom is 0.221 e. The summed E-state index contributed by atoms with van der Waals surface area (Å²) >= 11 is 0. The van der Waals surface area contributed by atoms with Crippen molar-refractivity contribution in [3.8, 4) is 0 Å². The van der Waals surface area contributed by atoms with Crippen LogP contribution in [0.5, 0.6) is 0 Å². The van der Waals surface area contributed by atoms with Crippen molar-refractivity contribution in [3.63, 3.8) is 0 Å². The summed E-state index contributed by atoms with van der Waals surface area (Å²) in [6.07, 6.45) is 3.58. The van der Waals surface area contributed by atoms with E-state index in [9.17, 15) is 0 Å². The summed E-state index contributed by atoms with van der Waals surface area (Å²) in [6, 6.07) is 7.76. The Kier molecular flexibility index (Phi) is 4.03. The topological polar surface area (TPSA) is 74.1 Å². The number of para-hydroxylation sites is 2. The van der Waals surface area contributed by atoms with Crippen LogP contribution >= 0.6 is 0 Å². The second-order valence-electron chi connectivity index (χ2n) is 3.81. The molecule has 0 radical (unpaired) electrons. The molecular formula is C12H17N5O. The normalized spacial score (nSPS) is 10.1. The minimum absolute atomic E-state index is 0.0983. The number of rotatable bonds is 6. The van der Waals surface area contributed by atoms with Crippen molar-refractivity contribution < 1.29 is 5.11 Å². The Bertz CT molecular complexity index is 497. The van der Waals surface area contributed by atoms with Crippen LogP contribution in [0.25, 0.3) is 0 Å². The molecule has 1 aromatic carbocycles. The van der Waals surface area contributed by atoms with E-state index in [4.69, 9.17) is 5.11 Å². The van der Waals surface area contributed by atoms with Crippen LogP contribution < -0.4 is 16.2 Å². The highest BCUT2D eigenvalue weighted by molar-refractivity contribution is 5.69. The molecule has 0 saturated heterocycles. The van der Waals surface area contributed by atoms with Crippen molar-refractivity contribution >= 4 is 17.3 Å². The molecule has 1 aromatic heterocycles. The fourth-order valence-electron chi connectivity index (χ4n) is 1.55. The molecule has 96 valence electrons.